The lowest BCUT2D eigenvalue weighted by molar-refractivity contribution is 0.0523. The van der Waals surface area contributed by atoms with Crippen LogP contribution in [0.1, 0.15) is 17.3 Å². The molecular formula is C14H11N3O3S. The molecular weight excluding hydrogens is 290 g/mol. The Labute approximate surface area is 123 Å². The lowest BCUT2D eigenvalue weighted by Gasteiger charge is -1.99. The van der Waals surface area contributed by atoms with E-state index in [0.29, 0.717) is 9.97 Å². The molecule has 0 unspecified atom stereocenters. The SMILES string of the molecule is CCOC(=O)c1cnc2sc(-c3ccccc3)nn2c1=O. The molecule has 3 rings (SSSR count). The molecule has 6 nitrogen and oxygen atoms in total. The first-order valence-electron chi connectivity index (χ1n) is 6.32. The average Bonchev–Trinajstić information content (AvgIpc) is 2.94. The van der Waals surface area contributed by atoms with Gasteiger partial charge in [-0.1, -0.05) is 41.7 Å². The Balaban J connectivity index is 2.13. The summed E-state index contributed by atoms with van der Waals surface area (Å²) in [5.74, 6) is -0.682. The maximum atomic E-state index is 12.3. The summed E-state index contributed by atoms with van der Waals surface area (Å²) in [7, 11) is 0. The van der Waals surface area contributed by atoms with Crippen LogP contribution in [0.3, 0.4) is 0 Å². The highest BCUT2D eigenvalue weighted by Gasteiger charge is 2.17. The molecule has 0 aliphatic carbocycles. The first-order chi connectivity index (χ1) is 10.2. The zero-order valence-corrected chi connectivity index (χ0v) is 12.0. The third-order valence-corrected chi connectivity index (χ3v) is 3.77. The molecule has 0 aliphatic rings. The fourth-order valence-corrected chi connectivity index (χ4v) is 2.70. The van der Waals surface area contributed by atoms with E-state index in [1.54, 1.807) is 6.92 Å². The molecule has 2 aromatic heterocycles. The Hall–Kier alpha value is -2.54. The molecule has 21 heavy (non-hydrogen) atoms. The van der Waals surface area contributed by atoms with Crippen molar-refractivity contribution in [3.8, 4) is 10.6 Å². The quantitative estimate of drug-likeness (QED) is 0.692. The summed E-state index contributed by atoms with van der Waals surface area (Å²) in [4.78, 5) is 28.5. The minimum Gasteiger partial charge on any atom is -0.462 e. The molecule has 0 aliphatic heterocycles. The topological polar surface area (TPSA) is 73.6 Å². The maximum Gasteiger partial charge on any atom is 0.345 e. The molecule has 0 spiro atoms. The number of benzene rings is 1. The van der Waals surface area contributed by atoms with Gasteiger partial charge in [0.25, 0.3) is 5.56 Å². The van der Waals surface area contributed by atoms with Crippen molar-refractivity contribution in [1.29, 1.82) is 0 Å². The molecule has 106 valence electrons. The molecule has 0 fully saturated rings. The molecule has 1 aromatic carbocycles. The van der Waals surface area contributed by atoms with Crippen LogP contribution in [0.5, 0.6) is 0 Å². The smallest absolute Gasteiger partial charge is 0.345 e. The minimum atomic E-state index is -0.682. The summed E-state index contributed by atoms with van der Waals surface area (Å²) in [6.45, 7) is 1.88. The van der Waals surface area contributed by atoms with Crippen LogP contribution >= 0.6 is 11.3 Å². The number of ether oxygens (including phenoxy) is 1. The van der Waals surface area contributed by atoms with E-state index < -0.39 is 11.5 Å². The fourth-order valence-electron chi connectivity index (χ4n) is 1.83. The van der Waals surface area contributed by atoms with Crippen molar-refractivity contribution in [1.82, 2.24) is 14.6 Å². The molecule has 0 N–H and O–H groups in total. The van der Waals surface area contributed by atoms with Gasteiger partial charge in [0, 0.05) is 5.56 Å². The maximum absolute atomic E-state index is 12.3. The van der Waals surface area contributed by atoms with Crippen molar-refractivity contribution in [2.75, 3.05) is 6.61 Å². The average molecular weight is 301 g/mol. The Kier molecular flexibility index (Phi) is 3.49. The predicted octanol–water partition coefficient (Wildman–Crippen LogP) is 1.99. The lowest BCUT2D eigenvalue weighted by Crippen LogP contribution is -2.24. The van der Waals surface area contributed by atoms with Gasteiger partial charge in [-0.25, -0.2) is 9.78 Å². The van der Waals surface area contributed by atoms with E-state index in [-0.39, 0.29) is 12.2 Å². The van der Waals surface area contributed by atoms with Crippen LogP contribution in [0.15, 0.2) is 41.3 Å². The zero-order chi connectivity index (χ0) is 14.8. The van der Waals surface area contributed by atoms with E-state index in [9.17, 15) is 9.59 Å². The van der Waals surface area contributed by atoms with Gasteiger partial charge in [0.2, 0.25) is 4.96 Å². The highest BCUT2D eigenvalue weighted by molar-refractivity contribution is 7.19. The van der Waals surface area contributed by atoms with Gasteiger partial charge in [-0.05, 0) is 6.92 Å². The number of hydrogen-bond acceptors (Lipinski definition) is 6. The van der Waals surface area contributed by atoms with Crippen molar-refractivity contribution in [3.63, 3.8) is 0 Å². The molecule has 7 heteroatoms. The van der Waals surface area contributed by atoms with Crippen LogP contribution in [0.2, 0.25) is 0 Å². The largest absolute Gasteiger partial charge is 0.462 e. The number of carbonyl (C=O) groups excluding carboxylic acids is 1. The Morgan fingerprint density at radius 2 is 2.10 bits per heavy atom. The highest BCUT2D eigenvalue weighted by atomic mass is 32.1. The van der Waals surface area contributed by atoms with Crippen molar-refractivity contribution in [2.45, 2.75) is 6.92 Å². The van der Waals surface area contributed by atoms with E-state index in [0.717, 1.165) is 10.1 Å². The van der Waals surface area contributed by atoms with Gasteiger partial charge >= 0.3 is 5.97 Å². The zero-order valence-electron chi connectivity index (χ0n) is 11.1. The molecule has 0 bridgehead atoms. The normalized spacial score (nSPS) is 10.7. The number of aromatic nitrogens is 3. The van der Waals surface area contributed by atoms with Gasteiger partial charge in [-0.15, -0.1) is 0 Å². The van der Waals surface area contributed by atoms with Crippen molar-refractivity contribution in [2.24, 2.45) is 0 Å². The van der Waals surface area contributed by atoms with E-state index in [4.69, 9.17) is 4.74 Å². The van der Waals surface area contributed by atoms with Crippen LogP contribution in [0.25, 0.3) is 15.5 Å². The number of carbonyl (C=O) groups is 1. The molecule has 3 aromatic rings. The van der Waals surface area contributed by atoms with Crippen LogP contribution in [-0.4, -0.2) is 27.2 Å². The predicted molar refractivity (Wildman–Crippen MR) is 78.5 cm³/mol. The Morgan fingerprint density at radius 1 is 1.33 bits per heavy atom. The number of hydrogen-bond donors (Lipinski definition) is 0. The summed E-state index contributed by atoms with van der Waals surface area (Å²) in [5.41, 5.74) is 0.265. The van der Waals surface area contributed by atoms with E-state index in [1.165, 1.54) is 17.5 Å². The highest BCUT2D eigenvalue weighted by Crippen LogP contribution is 2.23. The summed E-state index contributed by atoms with van der Waals surface area (Å²) < 4.78 is 5.97. The van der Waals surface area contributed by atoms with Crippen LogP contribution in [0, 0.1) is 0 Å². The summed E-state index contributed by atoms with van der Waals surface area (Å²) >= 11 is 1.29. The van der Waals surface area contributed by atoms with Crippen LogP contribution in [-0.2, 0) is 4.74 Å². The molecule has 0 saturated heterocycles. The van der Waals surface area contributed by atoms with Gasteiger partial charge in [-0.2, -0.15) is 9.61 Å². The van der Waals surface area contributed by atoms with Gasteiger partial charge < -0.3 is 4.74 Å². The summed E-state index contributed by atoms with van der Waals surface area (Å²) in [6, 6.07) is 9.48. The number of fused-ring (bicyclic) bond motifs is 1. The van der Waals surface area contributed by atoms with Crippen LogP contribution < -0.4 is 5.56 Å². The second kappa shape index (κ2) is 5.45. The van der Waals surface area contributed by atoms with Gasteiger partial charge in [0.05, 0.1) is 12.8 Å². The molecule has 0 atom stereocenters. The first kappa shape index (κ1) is 13.4. The monoisotopic (exact) mass is 301 g/mol. The number of nitrogens with zero attached hydrogens (tertiary/aromatic N) is 3. The van der Waals surface area contributed by atoms with Crippen molar-refractivity contribution >= 4 is 22.3 Å². The fraction of sp³-hybridized carbons (Fsp3) is 0.143. The van der Waals surface area contributed by atoms with E-state index in [2.05, 4.69) is 10.1 Å². The standard InChI is InChI=1S/C14H11N3O3S/c1-2-20-13(19)10-8-15-14-17(12(10)18)16-11(21-14)9-6-4-3-5-7-9/h3-8H,2H2,1H3. The summed E-state index contributed by atoms with van der Waals surface area (Å²) in [6.07, 6.45) is 1.24. The lowest BCUT2D eigenvalue weighted by atomic mass is 10.2. The number of esters is 1. The third-order valence-electron chi connectivity index (χ3n) is 2.80. The Morgan fingerprint density at radius 3 is 2.81 bits per heavy atom. The van der Waals surface area contributed by atoms with E-state index in [1.807, 2.05) is 30.3 Å². The first-order valence-corrected chi connectivity index (χ1v) is 7.13. The van der Waals surface area contributed by atoms with Crippen molar-refractivity contribution in [3.05, 3.63) is 52.4 Å². The van der Waals surface area contributed by atoms with Gasteiger partial charge in [0.1, 0.15) is 10.6 Å². The van der Waals surface area contributed by atoms with Gasteiger partial charge in [-0.3, -0.25) is 4.79 Å². The van der Waals surface area contributed by atoms with E-state index >= 15 is 0 Å². The summed E-state index contributed by atoms with van der Waals surface area (Å²) in [5, 5.41) is 4.91. The number of rotatable bonds is 3. The van der Waals surface area contributed by atoms with Gasteiger partial charge in [0.15, 0.2) is 0 Å². The van der Waals surface area contributed by atoms with Crippen molar-refractivity contribution < 1.29 is 9.53 Å². The second-order valence-corrected chi connectivity index (χ2v) is 5.12. The Bertz CT molecular complexity index is 855. The van der Waals surface area contributed by atoms with Crippen LogP contribution in [0.4, 0.5) is 0 Å². The molecule has 0 saturated carbocycles. The molecule has 0 amide bonds. The third kappa shape index (κ3) is 2.43. The second-order valence-electron chi connectivity index (χ2n) is 4.17. The minimum absolute atomic E-state index is 0.112. The molecule has 0 radical (unpaired) electrons. The molecule has 2 heterocycles.